The molecule has 0 saturated carbocycles. The second-order valence-electron chi connectivity index (χ2n) is 4.38. The molecule has 1 heterocycles. The standard InChI is InChI=1S/C14H19NO/c1-2-3-6-10-15-11-9-14(16)12-7-4-5-8-13(12)15/h4-5,7-8H,2-3,6,9-11H2,1H3. The zero-order valence-electron chi connectivity index (χ0n) is 9.91. The van der Waals surface area contributed by atoms with Crippen LogP contribution in [0.15, 0.2) is 24.3 Å². The van der Waals surface area contributed by atoms with Crippen LogP contribution >= 0.6 is 0 Å². The molecular weight excluding hydrogens is 198 g/mol. The van der Waals surface area contributed by atoms with E-state index in [2.05, 4.69) is 17.9 Å². The minimum Gasteiger partial charge on any atom is -0.370 e. The van der Waals surface area contributed by atoms with Gasteiger partial charge in [0.15, 0.2) is 5.78 Å². The van der Waals surface area contributed by atoms with Crippen molar-refractivity contribution in [3.8, 4) is 0 Å². The van der Waals surface area contributed by atoms with Gasteiger partial charge in [0, 0.05) is 30.8 Å². The van der Waals surface area contributed by atoms with Gasteiger partial charge in [-0.25, -0.2) is 0 Å². The second-order valence-corrected chi connectivity index (χ2v) is 4.38. The zero-order valence-corrected chi connectivity index (χ0v) is 9.91. The lowest BCUT2D eigenvalue weighted by Gasteiger charge is -2.30. The number of carbonyl (C=O) groups excluding carboxylic acids is 1. The maximum absolute atomic E-state index is 11.7. The molecule has 0 N–H and O–H groups in total. The Kier molecular flexibility index (Phi) is 3.60. The number of hydrogen-bond donors (Lipinski definition) is 0. The first-order chi connectivity index (χ1) is 7.83. The number of fused-ring (bicyclic) bond motifs is 1. The molecule has 0 atom stereocenters. The summed E-state index contributed by atoms with van der Waals surface area (Å²) in [5.41, 5.74) is 2.04. The van der Waals surface area contributed by atoms with E-state index in [1.54, 1.807) is 0 Å². The monoisotopic (exact) mass is 217 g/mol. The molecule has 1 aromatic rings. The van der Waals surface area contributed by atoms with Crippen LogP contribution in [0.4, 0.5) is 5.69 Å². The van der Waals surface area contributed by atoms with Gasteiger partial charge in [-0.1, -0.05) is 31.9 Å². The van der Waals surface area contributed by atoms with Crippen LogP contribution in [0.25, 0.3) is 0 Å². The van der Waals surface area contributed by atoms with Gasteiger partial charge in [0.2, 0.25) is 0 Å². The predicted octanol–water partition coefficient (Wildman–Crippen LogP) is 3.27. The van der Waals surface area contributed by atoms with E-state index in [-0.39, 0.29) is 0 Å². The Morgan fingerprint density at radius 2 is 2.06 bits per heavy atom. The summed E-state index contributed by atoms with van der Waals surface area (Å²) >= 11 is 0. The third-order valence-electron chi connectivity index (χ3n) is 3.19. The Morgan fingerprint density at radius 3 is 2.88 bits per heavy atom. The van der Waals surface area contributed by atoms with Crippen LogP contribution in [0.5, 0.6) is 0 Å². The number of carbonyl (C=O) groups is 1. The van der Waals surface area contributed by atoms with Crippen LogP contribution in [0, 0.1) is 0 Å². The maximum Gasteiger partial charge on any atom is 0.166 e. The van der Waals surface area contributed by atoms with Gasteiger partial charge in [0.25, 0.3) is 0 Å². The van der Waals surface area contributed by atoms with Gasteiger partial charge >= 0.3 is 0 Å². The van der Waals surface area contributed by atoms with E-state index in [0.29, 0.717) is 12.2 Å². The zero-order chi connectivity index (χ0) is 11.4. The summed E-state index contributed by atoms with van der Waals surface area (Å²) in [5.74, 6) is 0.294. The van der Waals surface area contributed by atoms with Crippen molar-refractivity contribution < 1.29 is 4.79 Å². The van der Waals surface area contributed by atoms with Crippen LogP contribution in [-0.4, -0.2) is 18.9 Å². The minimum atomic E-state index is 0.294. The van der Waals surface area contributed by atoms with Crippen molar-refractivity contribution >= 4 is 11.5 Å². The summed E-state index contributed by atoms with van der Waals surface area (Å²) in [6.45, 7) is 4.19. The first-order valence-electron chi connectivity index (χ1n) is 6.20. The summed E-state index contributed by atoms with van der Waals surface area (Å²) in [5, 5.41) is 0. The minimum absolute atomic E-state index is 0.294. The van der Waals surface area contributed by atoms with E-state index < -0.39 is 0 Å². The molecule has 1 aromatic carbocycles. The molecular formula is C14H19NO. The molecule has 0 fully saturated rings. The summed E-state index contributed by atoms with van der Waals surface area (Å²) in [6.07, 6.45) is 4.41. The number of nitrogens with zero attached hydrogens (tertiary/aromatic N) is 1. The summed E-state index contributed by atoms with van der Waals surface area (Å²) in [7, 11) is 0. The van der Waals surface area contributed by atoms with E-state index >= 15 is 0 Å². The molecule has 86 valence electrons. The summed E-state index contributed by atoms with van der Waals surface area (Å²) in [6, 6.07) is 7.98. The van der Waals surface area contributed by atoms with Crippen molar-refractivity contribution in [3.63, 3.8) is 0 Å². The van der Waals surface area contributed by atoms with Crippen LogP contribution < -0.4 is 4.90 Å². The molecule has 0 unspecified atom stereocenters. The maximum atomic E-state index is 11.7. The third-order valence-corrected chi connectivity index (χ3v) is 3.19. The van der Waals surface area contributed by atoms with Crippen LogP contribution in [0.3, 0.4) is 0 Å². The number of hydrogen-bond acceptors (Lipinski definition) is 2. The Morgan fingerprint density at radius 1 is 1.25 bits per heavy atom. The van der Waals surface area contributed by atoms with E-state index in [4.69, 9.17) is 0 Å². The number of unbranched alkanes of at least 4 members (excludes halogenated alkanes) is 2. The number of anilines is 1. The molecule has 2 rings (SSSR count). The number of para-hydroxylation sites is 1. The Labute approximate surface area is 97.3 Å². The lowest BCUT2D eigenvalue weighted by molar-refractivity contribution is 0.0980. The number of benzene rings is 1. The fourth-order valence-corrected chi connectivity index (χ4v) is 2.26. The molecule has 0 spiro atoms. The van der Waals surface area contributed by atoms with Gasteiger partial charge in [0.1, 0.15) is 0 Å². The molecule has 2 heteroatoms. The van der Waals surface area contributed by atoms with Gasteiger partial charge in [0.05, 0.1) is 0 Å². The second kappa shape index (κ2) is 5.15. The SMILES string of the molecule is CCCCCN1CCC(=O)c2ccccc21. The number of ketones is 1. The van der Waals surface area contributed by atoms with E-state index in [1.165, 1.54) is 19.3 Å². The molecule has 2 nitrogen and oxygen atoms in total. The molecule has 0 radical (unpaired) electrons. The molecule has 0 saturated heterocycles. The Hall–Kier alpha value is -1.31. The Balaban J connectivity index is 2.12. The fourth-order valence-electron chi connectivity index (χ4n) is 2.26. The highest BCUT2D eigenvalue weighted by Crippen LogP contribution is 2.26. The smallest absolute Gasteiger partial charge is 0.166 e. The predicted molar refractivity (Wildman–Crippen MR) is 67.1 cm³/mol. The number of rotatable bonds is 4. The van der Waals surface area contributed by atoms with Crippen molar-refractivity contribution in [2.75, 3.05) is 18.0 Å². The highest BCUT2D eigenvalue weighted by molar-refractivity contribution is 6.03. The van der Waals surface area contributed by atoms with Gasteiger partial charge < -0.3 is 4.90 Å². The van der Waals surface area contributed by atoms with E-state index in [1.807, 2.05) is 18.2 Å². The van der Waals surface area contributed by atoms with Crippen molar-refractivity contribution in [2.45, 2.75) is 32.6 Å². The summed E-state index contributed by atoms with van der Waals surface area (Å²) in [4.78, 5) is 14.1. The van der Waals surface area contributed by atoms with Gasteiger partial charge in [-0.3, -0.25) is 4.79 Å². The first kappa shape index (κ1) is 11.2. The highest BCUT2D eigenvalue weighted by Gasteiger charge is 2.21. The molecule has 0 bridgehead atoms. The topological polar surface area (TPSA) is 20.3 Å². The molecule has 0 amide bonds. The lowest BCUT2D eigenvalue weighted by atomic mass is 10.00. The lowest BCUT2D eigenvalue weighted by Crippen LogP contribution is -2.32. The average molecular weight is 217 g/mol. The van der Waals surface area contributed by atoms with Crippen molar-refractivity contribution in [1.82, 2.24) is 0 Å². The van der Waals surface area contributed by atoms with Crippen LogP contribution in [0.1, 0.15) is 43.0 Å². The van der Waals surface area contributed by atoms with Crippen molar-refractivity contribution in [2.24, 2.45) is 0 Å². The van der Waals surface area contributed by atoms with E-state index in [9.17, 15) is 4.79 Å². The third kappa shape index (κ3) is 2.26. The highest BCUT2D eigenvalue weighted by atomic mass is 16.1. The number of Topliss-reactive ketones (excluding diaryl/α,β-unsaturated/α-hetero) is 1. The molecule has 0 aromatic heterocycles. The largest absolute Gasteiger partial charge is 0.370 e. The van der Waals surface area contributed by atoms with Crippen molar-refractivity contribution in [3.05, 3.63) is 29.8 Å². The first-order valence-corrected chi connectivity index (χ1v) is 6.20. The summed E-state index contributed by atoms with van der Waals surface area (Å²) < 4.78 is 0. The van der Waals surface area contributed by atoms with Crippen molar-refractivity contribution in [1.29, 1.82) is 0 Å². The molecule has 1 aliphatic heterocycles. The molecule has 16 heavy (non-hydrogen) atoms. The van der Waals surface area contributed by atoms with Crippen LogP contribution in [0.2, 0.25) is 0 Å². The quantitative estimate of drug-likeness (QED) is 0.721. The normalized spacial score (nSPS) is 15.1. The average Bonchev–Trinajstić information content (AvgIpc) is 2.33. The van der Waals surface area contributed by atoms with Gasteiger partial charge in [-0.2, -0.15) is 0 Å². The fraction of sp³-hybridized carbons (Fsp3) is 0.500. The molecule has 0 aliphatic carbocycles. The molecule has 1 aliphatic rings. The van der Waals surface area contributed by atoms with Gasteiger partial charge in [-0.15, -0.1) is 0 Å². The van der Waals surface area contributed by atoms with E-state index in [0.717, 1.165) is 24.3 Å². The van der Waals surface area contributed by atoms with Gasteiger partial charge in [-0.05, 0) is 18.6 Å². The van der Waals surface area contributed by atoms with Crippen LogP contribution in [-0.2, 0) is 0 Å². The Bertz CT molecular complexity index is 373.